The molecule has 7 nitrogen and oxygen atoms in total. The Morgan fingerprint density at radius 2 is 1.45 bits per heavy atom. The van der Waals surface area contributed by atoms with E-state index in [1.54, 1.807) is 12.1 Å². The molecule has 0 bridgehead atoms. The Hall–Kier alpha value is -3.55. The lowest BCUT2D eigenvalue weighted by atomic mass is 10.0. The third kappa shape index (κ3) is 4.51. The number of carbonyl (C=O) groups excluding carboxylic acids is 1. The SMILES string of the molecule is NC(=O)Cn1c(CN2CCN(Cc3cccc4ccccc34)CC2)nc2ccccc2c1=O. The van der Waals surface area contributed by atoms with E-state index < -0.39 is 5.91 Å². The number of primary amides is 1. The molecule has 0 atom stereocenters. The van der Waals surface area contributed by atoms with E-state index in [-0.39, 0.29) is 12.1 Å². The van der Waals surface area contributed by atoms with E-state index in [1.807, 2.05) is 12.1 Å². The molecule has 4 aromatic rings. The summed E-state index contributed by atoms with van der Waals surface area (Å²) in [5, 5.41) is 3.07. The average Bonchev–Trinajstić information content (AvgIpc) is 2.83. The van der Waals surface area contributed by atoms with Crippen molar-refractivity contribution in [1.29, 1.82) is 0 Å². The molecule has 0 unspecified atom stereocenters. The van der Waals surface area contributed by atoms with Crippen LogP contribution in [-0.4, -0.2) is 51.4 Å². The van der Waals surface area contributed by atoms with Crippen molar-refractivity contribution in [3.8, 4) is 0 Å². The molecule has 2 N–H and O–H groups in total. The van der Waals surface area contributed by atoms with Gasteiger partial charge in [0.15, 0.2) is 0 Å². The summed E-state index contributed by atoms with van der Waals surface area (Å²) in [6, 6.07) is 22.2. The zero-order valence-electron chi connectivity index (χ0n) is 18.5. The summed E-state index contributed by atoms with van der Waals surface area (Å²) in [6.45, 7) is 4.85. The lowest BCUT2D eigenvalue weighted by Gasteiger charge is -2.35. The first kappa shape index (κ1) is 21.3. The quantitative estimate of drug-likeness (QED) is 0.497. The van der Waals surface area contributed by atoms with E-state index in [4.69, 9.17) is 10.7 Å². The molecule has 7 heteroatoms. The molecule has 5 rings (SSSR count). The number of hydrogen-bond donors (Lipinski definition) is 1. The minimum absolute atomic E-state index is 0.160. The Morgan fingerprint density at radius 1 is 0.818 bits per heavy atom. The van der Waals surface area contributed by atoms with Crippen molar-refractivity contribution in [2.45, 2.75) is 19.6 Å². The molecule has 1 aromatic heterocycles. The summed E-state index contributed by atoms with van der Waals surface area (Å²) in [5.41, 5.74) is 7.19. The van der Waals surface area contributed by atoms with Crippen LogP contribution >= 0.6 is 0 Å². The number of hydrogen-bond acceptors (Lipinski definition) is 5. The lowest BCUT2D eigenvalue weighted by Crippen LogP contribution is -2.46. The highest BCUT2D eigenvalue weighted by molar-refractivity contribution is 5.85. The van der Waals surface area contributed by atoms with E-state index in [2.05, 4.69) is 52.3 Å². The Labute approximate surface area is 192 Å². The van der Waals surface area contributed by atoms with Crippen LogP contribution < -0.4 is 11.3 Å². The molecule has 1 amide bonds. The van der Waals surface area contributed by atoms with Crippen molar-refractivity contribution in [1.82, 2.24) is 19.4 Å². The standard InChI is InChI=1S/C26H27N5O2/c27-24(32)17-31-25(28-23-11-4-3-10-22(23)26(31)33)18-30-14-12-29(13-15-30)16-20-8-5-7-19-6-1-2-9-21(19)20/h1-11H,12-18H2,(H2,27,32). The van der Waals surface area contributed by atoms with Crippen molar-refractivity contribution >= 4 is 27.6 Å². The van der Waals surface area contributed by atoms with E-state index in [0.717, 1.165) is 32.7 Å². The van der Waals surface area contributed by atoms with Gasteiger partial charge in [0.1, 0.15) is 12.4 Å². The highest BCUT2D eigenvalue weighted by Gasteiger charge is 2.21. The number of aromatic nitrogens is 2. The molecule has 0 aliphatic carbocycles. The maximum Gasteiger partial charge on any atom is 0.261 e. The summed E-state index contributed by atoms with van der Waals surface area (Å²) < 4.78 is 1.42. The van der Waals surface area contributed by atoms with Crippen molar-refractivity contribution < 1.29 is 4.79 Å². The van der Waals surface area contributed by atoms with Crippen molar-refractivity contribution in [3.05, 3.63) is 88.5 Å². The Balaban J connectivity index is 1.31. The van der Waals surface area contributed by atoms with Crippen LogP contribution in [0.5, 0.6) is 0 Å². The van der Waals surface area contributed by atoms with Crippen LogP contribution in [0.2, 0.25) is 0 Å². The van der Waals surface area contributed by atoms with E-state index in [1.165, 1.54) is 20.9 Å². The molecule has 1 fully saturated rings. The molecule has 0 radical (unpaired) electrons. The summed E-state index contributed by atoms with van der Waals surface area (Å²) in [5.74, 6) is 0.0374. The number of amides is 1. The zero-order valence-corrected chi connectivity index (χ0v) is 18.5. The lowest BCUT2D eigenvalue weighted by molar-refractivity contribution is -0.118. The van der Waals surface area contributed by atoms with Gasteiger partial charge in [-0.1, -0.05) is 54.6 Å². The van der Waals surface area contributed by atoms with Crippen LogP contribution in [0.4, 0.5) is 0 Å². The van der Waals surface area contributed by atoms with Crippen LogP contribution in [0.1, 0.15) is 11.4 Å². The number of para-hydroxylation sites is 1. The van der Waals surface area contributed by atoms with E-state index in [9.17, 15) is 9.59 Å². The monoisotopic (exact) mass is 441 g/mol. The van der Waals surface area contributed by atoms with Crippen molar-refractivity contribution in [2.24, 2.45) is 5.73 Å². The first-order valence-electron chi connectivity index (χ1n) is 11.3. The van der Waals surface area contributed by atoms with E-state index >= 15 is 0 Å². The van der Waals surface area contributed by atoms with Gasteiger partial charge in [-0.05, 0) is 28.5 Å². The third-order valence-electron chi connectivity index (χ3n) is 6.36. The van der Waals surface area contributed by atoms with Gasteiger partial charge in [-0.25, -0.2) is 4.98 Å². The molecule has 168 valence electrons. The molecule has 0 saturated carbocycles. The van der Waals surface area contributed by atoms with Gasteiger partial charge in [0.25, 0.3) is 5.56 Å². The number of carbonyl (C=O) groups is 1. The minimum Gasteiger partial charge on any atom is -0.368 e. The number of fused-ring (bicyclic) bond motifs is 2. The van der Waals surface area contributed by atoms with Gasteiger partial charge in [0.2, 0.25) is 5.91 Å². The van der Waals surface area contributed by atoms with Crippen LogP contribution in [0.25, 0.3) is 21.7 Å². The van der Waals surface area contributed by atoms with Crippen LogP contribution in [-0.2, 0) is 24.4 Å². The molecule has 1 aliphatic heterocycles. The smallest absolute Gasteiger partial charge is 0.261 e. The van der Waals surface area contributed by atoms with Crippen LogP contribution in [0.15, 0.2) is 71.5 Å². The molecule has 1 saturated heterocycles. The molecule has 3 aromatic carbocycles. The summed E-state index contributed by atoms with van der Waals surface area (Å²) >= 11 is 0. The Bertz CT molecular complexity index is 1370. The fourth-order valence-corrected chi connectivity index (χ4v) is 4.63. The predicted octanol–water partition coefficient (Wildman–Crippen LogP) is 2.35. The summed E-state index contributed by atoms with van der Waals surface area (Å²) in [7, 11) is 0. The second kappa shape index (κ2) is 9.13. The second-order valence-electron chi connectivity index (χ2n) is 8.59. The van der Waals surface area contributed by atoms with Gasteiger partial charge in [-0.2, -0.15) is 0 Å². The van der Waals surface area contributed by atoms with Gasteiger partial charge in [-0.3, -0.25) is 24.0 Å². The molecule has 0 spiro atoms. The molecule has 1 aliphatic rings. The van der Waals surface area contributed by atoms with Crippen molar-refractivity contribution in [3.63, 3.8) is 0 Å². The highest BCUT2D eigenvalue weighted by atomic mass is 16.2. The zero-order chi connectivity index (χ0) is 22.8. The summed E-state index contributed by atoms with van der Waals surface area (Å²) in [4.78, 5) is 34.1. The first-order valence-corrected chi connectivity index (χ1v) is 11.3. The van der Waals surface area contributed by atoms with Gasteiger partial charge in [-0.15, -0.1) is 0 Å². The number of rotatable bonds is 6. The normalized spacial score (nSPS) is 15.3. The Morgan fingerprint density at radius 3 is 2.21 bits per heavy atom. The number of piperazine rings is 1. The topological polar surface area (TPSA) is 84.5 Å². The maximum atomic E-state index is 13.0. The van der Waals surface area contributed by atoms with Gasteiger partial charge >= 0.3 is 0 Å². The fourth-order valence-electron chi connectivity index (χ4n) is 4.63. The molecule has 33 heavy (non-hydrogen) atoms. The molecular formula is C26H27N5O2. The molecule has 2 heterocycles. The second-order valence-corrected chi connectivity index (χ2v) is 8.59. The number of nitrogens with two attached hydrogens (primary N) is 1. The number of nitrogens with zero attached hydrogens (tertiary/aromatic N) is 4. The predicted molar refractivity (Wildman–Crippen MR) is 130 cm³/mol. The average molecular weight is 442 g/mol. The summed E-state index contributed by atoms with van der Waals surface area (Å²) in [6.07, 6.45) is 0. The maximum absolute atomic E-state index is 13.0. The number of benzene rings is 3. The van der Waals surface area contributed by atoms with Crippen LogP contribution in [0.3, 0.4) is 0 Å². The largest absolute Gasteiger partial charge is 0.368 e. The van der Waals surface area contributed by atoms with Gasteiger partial charge in [0.05, 0.1) is 17.4 Å². The van der Waals surface area contributed by atoms with E-state index in [0.29, 0.717) is 23.3 Å². The Kier molecular flexibility index (Phi) is 5.90. The van der Waals surface area contributed by atoms with Gasteiger partial charge in [0, 0.05) is 32.7 Å². The van der Waals surface area contributed by atoms with Gasteiger partial charge < -0.3 is 5.73 Å². The highest BCUT2D eigenvalue weighted by Crippen LogP contribution is 2.21. The fraction of sp³-hybridized carbons (Fsp3) is 0.269. The minimum atomic E-state index is -0.546. The molecular weight excluding hydrogens is 414 g/mol. The van der Waals surface area contributed by atoms with Crippen LogP contribution in [0, 0.1) is 0 Å². The third-order valence-corrected chi connectivity index (χ3v) is 6.36. The van der Waals surface area contributed by atoms with Crippen molar-refractivity contribution in [2.75, 3.05) is 26.2 Å². The first-order chi connectivity index (χ1) is 16.1.